The van der Waals surface area contributed by atoms with Crippen molar-refractivity contribution in [1.29, 1.82) is 0 Å². The van der Waals surface area contributed by atoms with Crippen LogP contribution in [0.15, 0.2) is 30.5 Å². The van der Waals surface area contributed by atoms with Crippen LogP contribution in [0.1, 0.15) is 30.0 Å². The Kier molecular flexibility index (Phi) is 5.35. The Bertz CT molecular complexity index is 567. The van der Waals surface area contributed by atoms with Crippen molar-refractivity contribution in [2.75, 3.05) is 6.54 Å². The van der Waals surface area contributed by atoms with Gasteiger partial charge in [-0.05, 0) is 43.7 Å². The van der Waals surface area contributed by atoms with Gasteiger partial charge in [0.05, 0.1) is 11.7 Å². The van der Waals surface area contributed by atoms with Crippen LogP contribution in [0.2, 0.25) is 10.0 Å². The van der Waals surface area contributed by atoms with E-state index in [9.17, 15) is 0 Å². The van der Waals surface area contributed by atoms with E-state index in [1.54, 1.807) is 6.20 Å². The Morgan fingerprint density at radius 3 is 2.50 bits per heavy atom. The SMILES string of the molecule is CCNC(Cc1c(Cl)cccc1Cl)c1ccnc(C)n1. The number of nitrogens with zero attached hydrogens (tertiary/aromatic N) is 2. The highest BCUT2D eigenvalue weighted by Gasteiger charge is 2.16. The van der Waals surface area contributed by atoms with Gasteiger partial charge in [0.1, 0.15) is 5.82 Å². The first-order chi connectivity index (χ1) is 9.61. The molecule has 106 valence electrons. The highest BCUT2D eigenvalue weighted by atomic mass is 35.5. The Labute approximate surface area is 129 Å². The van der Waals surface area contributed by atoms with Crippen molar-refractivity contribution < 1.29 is 0 Å². The Morgan fingerprint density at radius 1 is 1.20 bits per heavy atom. The van der Waals surface area contributed by atoms with Crippen LogP contribution in [0.3, 0.4) is 0 Å². The lowest BCUT2D eigenvalue weighted by molar-refractivity contribution is 0.534. The third-order valence-corrected chi connectivity index (χ3v) is 3.78. The number of halogens is 2. The van der Waals surface area contributed by atoms with E-state index in [4.69, 9.17) is 23.2 Å². The summed E-state index contributed by atoms with van der Waals surface area (Å²) < 4.78 is 0. The summed E-state index contributed by atoms with van der Waals surface area (Å²) in [5.74, 6) is 0.760. The number of aryl methyl sites for hydroxylation is 1. The fourth-order valence-electron chi connectivity index (χ4n) is 2.13. The van der Waals surface area contributed by atoms with Crippen molar-refractivity contribution >= 4 is 23.2 Å². The van der Waals surface area contributed by atoms with Crippen LogP contribution in [0.4, 0.5) is 0 Å². The monoisotopic (exact) mass is 309 g/mol. The van der Waals surface area contributed by atoms with Crippen LogP contribution in [-0.4, -0.2) is 16.5 Å². The van der Waals surface area contributed by atoms with Gasteiger partial charge in [0.2, 0.25) is 0 Å². The first-order valence-electron chi connectivity index (χ1n) is 6.57. The summed E-state index contributed by atoms with van der Waals surface area (Å²) in [4.78, 5) is 8.62. The first kappa shape index (κ1) is 15.2. The molecule has 2 aromatic rings. The minimum Gasteiger partial charge on any atom is -0.309 e. The molecule has 0 aliphatic carbocycles. The molecule has 0 fully saturated rings. The second kappa shape index (κ2) is 7.02. The highest BCUT2D eigenvalue weighted by molar-refractivity contribution is 6.36. The van der Waals surface area contributed by atoms with Gasteiger partial charge in [-0.3, -0.25) is 0 Å². The molecule has 2 rings (SSSR count). The van der Waals surface area contributed by atoms with Gasteiger partial charge < -0.3 is 5.32 Å². The van der Waals surface area contributed by atoms with Gasteiger partial charge in [0.15, 0.2) is 0 Å². The van der Waals surface area contributed by atoms with Crippen LogP contribution < -0.4 is 5.32 Å². The van der Waals surface area contributed by atoms with Gasteiger partial charge in [-0.2, -0.15) is 0 Å². The smallest absolute Gasteiger partial charge is 0.125 e. The summed E-state index contributed by atoms with van der Waals surface area (Å²) in [6.07, 6.45) is 2.47. The van der Waals surface area contributed by atoms with Crippen molar-refractivity contribution in [2.24, 2.45) is 0 Å². The van der Waals surface area contributed by atoms with Gasteiger partial charge in [0.25, 0.3) is 0 Å². The third kappa shape index (κ3) is 3.69. The van der Waals surface area contributed by atoms with Crippen molar-refractivity contribution in [3.63, 3.8) is 0 Å². The van der Waals surface area contributed by atoms with Crippen molar-refractivity contribution in [2.45, 2.75) is 26.3 Å². The van der Waals surface area contributed by atoms with Gasteiger partial charge in [0, 0.05) is 16.2 Å². The summed E-state index contributed by atoms with van der Waals surface area (Å²) in [5, 5.41) is 4.79. The van der Waals surface area contributed by atoms with E-state index in [1.165, 1.54) is 0 Å². The van der Waals surface area contributed by atoms with Gasteiger partial charge in [-0.25, -0.2) is 9.97 Å². The normalized spacial score (nSPS) is 12.4. The van der Waals surface area contributed by atoms with Crippen LogP contribution in [0.25, 0.3) is 0 Å². The molecule has 1 unspecified atom stereocenters. The number of rotatable bonds is 5. The molecule has 0 saturated carbocycles. The Morgan fingerprint density at radius 2 is 1.90 bits per heavy atom. The second-order valence-electron chi connectivity index (χ2n) is 4.54. The minimum absolute atomic E-state index is 0.0686. The average molecular weight is 310 g/mol. The molecular formula is C15H17Cl2N3. The summed E-state index contributed by atoms with van der Waals surface area (Å²) in [5.41, 5.74) is 1.90. The van der Waals surface area contributed by atoms with Crippen molar-refractivity contribution in [3.05, 3.63) is 57.6 Å². The topological polar surface area (TPSA) is 37.8 Å². The van der Waals surface area contributed by atoms with Crippen LogP contribution in [-0.2, 0) is 6.42 Å². The fourth-order valence-corrected chi connectivity index (χ4v) is 2.68. The lowest BCUT2D eigenvalue weighted by atomic mass is 10.0. The van der Waals surface area contributed by atoms with E-state index in [0.29, 0.717) is 16.5 Å². The lowest BCUT2D eigenvalue weighted by Crippen LogP contribution is -2.24. The zero-order valence-corrected chi connectivity index (χ0v) is 13.0. The summed E-state index contributed by atoms with van der Waals surface area (Å²) in [6, 6.07) is 7.56. The number of hydrogen-bond donors (Lipinski definition) is 1. The predicted molar refractivity (Wildman–Crippen MR) is 83.4 cm³/mol. The maximum absolute atomic E-state index is 6.25. The van der Waals surface area contributed by atoms with E-state index in [1.807, 2.05) is 31.2 Å². The third-order valence-electron chi connectivity index (χ3n) is 3.08. The molecule has 1 aromatic heterocycles. The quantitative estimate of drug-likeness (QED) is 0.907. The maximum atomic E-state index is 6.25. The number of hydrogen-bond acceptors (Lipinski definition) is 3. The van der Waals surface area contributed by atoms with Crippen LogP contribution in [0, 0.1) is 6.92 Å². The van der Waals surface area contributed by atoms with Gasteiger partial charge in [-0.1, -0.05) is 36.2 Å². The van der Waals surface area contributed by atoms with Gasteiger partial charge >= 0.3 is 0 Å². The zero-order chi connectivity index (χ0) is 14.5. The molecule has 0 aliphatic rings. The second-order valence-corrected chi connectivity index (χ2v) is 5.36. The molecule has 20 heavy (non-hydrogen) atoms. The van der Waals surface area contributed by atoms with Crippen LogP contribution in [0.5, 0.6) is 0 Å². The molecule has 3 nitrogen and oxygen atoms in total. The molecule has 0 spiro atoms. The van der Waals surface area contributed by atoms with E-state index in [0.717, 1.165) is 23.6 Å². The predicted octanol–water partition coefficient (Wildman–Crippen LogP) is 3.99. The minimum atomic E-state index is 0.0686. The molecule has 1 aromatic carbocycles. The summed E-state index contributed by atoms with van der Waals surface area (Å²) >= 11 is 12.5. The largest absolute Gasteiger partial charge is 0.309 e. The van der Waals surface area contributed by atoms with E-state index in [2.05, 4.69) is 22.2 Å². The lowest BCUT2D eigenvalue weighted by Gasteiger charge is -2.19. The molecule has 0 aliphatic heterocycles. The Balaban J connectivity index is 2.30. The number of likely N-dealkylation sites (N-methyl/N-ethyl adjacent to an activating group) is 1. The molecule has 1 N–H and O–H groups in total. The summed E-state index contributed by atoms with van der Waals surface area (Å²) in [6.45, 7) is 4.79. The van der Waals surface area contributed by atoms with Crippen molar-refractivity contribution in [3.8, 4) is 0 Å². The molecule has 0 radical (unpaired) electrons. The van der Waals surface area contributed by atoms with Crippen LogP contribution >= 0.6 is 23.2 Å². The van der Waals surface area contributed by atoms with E-state index < -0.39 is 0 Å². The van der Waals surface area contributed by atoms with Crippen molar-refractivity contribution in [1.82, 2.24) is 15.3 Å². The number of benzene rings is 1. The summed E-state index contributed by atoms with van der Waals surface area (Å²) in [7, 11) is 0. The van der Waals surface area contributed by atoms with E-state index in [-0.39, 0.29) is 6.04 Å². The Hall–Kier alpha value is -1.16. The maximum Gasteiger partial charge on any atom is 0.125 e. The number of nitrogens with one attached hydrogen (secondary N) is 1. The molecule has 1 atom stereocenters. The average Bonchev–Trinajstić information content (AvgIpc) is 2.42. The molecule has 0 bridgehead atoms. The highest BCUT2D eigenvalue weighted by Crippen LogP contribution is 2.28. The molecule has 1 heterocycles. The van der Waals surface area contributed by atoms with Gasteiger partial charge in [-0.15, -0.1) is 0 Å². The molecule has 0 amide bonds. The first-order valence-corrected chi connectivity index (χ1v) is 7.33. The standard InChI is InChI=1S/C15H17Cl2N3/c1-3-18-15(14-7-8-19-10(2)20-14)9-11-12(16)5-4-6-13(11)17/h4-8,15,18H,3,9H2,1-2H3. The molecule has 5 heteroatoms. The molecular weight excluding hydrogens is 293 g/mol. The van der Waals surface area contributed by atoms with E-state index >= 15 is 0 Å². The zero-order valence-electron chi connectivity index (χ0n) is 11.5. The number of aromatic nitrogens is 2. The fraction of sp³-hybridized carbons (Fsp3) is 0.333. The molecule has 0 saturated heterocycles.